The van der Waals surface area contributed by atoms with Gasteiger partial charge >= 0.3 is 0 Å². The van der Waals surface area contributed by atoms with Crippen LogP contribution in [-0.2, 0) is 11.2 Å². The summed E-state index contributed by atoms with van der Waals surface area (Å²) in [5.74, 6) is 0.661. The second kappa shape index (κ2) is 8.96. The van der Waals surface area contributed by atoms with Crippen molar-refractivity contribution in [1.29, 1.82) is 0 Å². The zero-order valence-corrected chi connectivity index (χ0v) is 12.6. The first-order chi connectivity index (χ1) is 8.26. The molecule has 0 aliphatic heterocycles. The van der Waals surface area contributed by atoms with Crippen LogP contribution in [0.4, 0.5) is 0 Å². The van der Waals surface area contributed by atoms with E-state index >= 15 is 0 Å². The van der Waals surface area contributed by atoms with E-state index in [-0.39, 0.29) is 0 Å². The van der Waals surface area contributed by atoms with Gasteiger partial charge in [0.05, 0.1) is 0 Å². The van der Waals surface area contributed by atoms with Crippen LogP contribution >= 0.6 is 27.5 Å². The van der Waals surface area contributed by atoms with Crippen molar-refractivity contribution in [2.75, 3.05) is 18.5 Å². The van der Waals surface area contributed by atoms with Gasteiger partial charge in [-0.2, -0.15) is 0 Å². The molecule has 1 nitrogen and oxygen atoms in total. The Kier molecular flexibility index (Phi) is 7.91. The summed E-state index contributed by atoms with van der Waals surface area (Å²) in [6.07, 6.45) is 3.40. The molecule has 1 atom stereocenters. The van der Waals surface area contributed by atoms with Crippen LogP contribution in [0.1, 0.15) is 25.3 Å². The molecule has 0 N–H and O–H groups in total. The SMILES string of the molecule is CCOCCCC(CBr)Cc1cccc(Cl)c1. The Balaban J connectivity index is 2.35. The maximum absolute atomic E-state index is 5.99. The Bertz CT molecular complexity index is 317. The quantitative estimate of drug-likeness (QED) is 0.498. The van der Waals surface area contributed by atoms with E-state index in [1.54, 1.807) is 0 Å². The molecule has 0 radical (unpaired) electrons. The Morgan fingerprint density at radius 3 is 2.88 bits per heavy atom. The maximum atomic E-state index is 5.99. The summed E-state index contributed by atoms with van der Waals surface area (Å²) in [5, 5.41) is 1.86. The van der Waals surface area contributed by atoms with Crippen molar-refractivity contribution >= 4 is 27.5 Å². The van der Waals surface area contributed by atoms with E-state index in [0.29, 0.717) is 5.92 Å². The van der Waals surface area contributed by atoms with Crippen LogP contribution in [-0.4, -0.2) is 18.5 Å². The van der Waals surface area contributed by atoms with Crippen molar-refractivity contribution < 1.29 is 4.74 Å². The first-order valence-electron chi connectivity index (χ1n) is 6.14. The van der Waals surface area contributed by atoms with Gasteiger partial charge in [0.2, 0.25) is 0 Å². The topological polar surface area (TPSA) is 9.23 Å². The largest absolute Gasteiger partial charge is 0.382 e. The Labute approximate surface area is 118 Å². The van der Waals surface area contributed by atoms with E-state index in [2.05, 4.69) is 28.1 Å². The molecule has 0 amide bonds. The van der Waals surface area contributed by atoms with Crippen LogP contribution in [0.2, 0.25) is 5.02 Å². The van der Waals surface area contributed by atoms with E-state index in [9.17, 15) is 0 Å². The summed E-state index contributed by atoms with van der Waals surface area (Å²) in [4.78, 5) is 0. The minimum atomic E-state index is 0.661. The van der Waals surface area contributed by atoms with E-state index < -0.39 is 0 Å². The number of rotatable bonds is 8. The van der Waals surface area contributed by atoms with Crippen molar-refractivity contribution in [3.8, 4) is 0 Å². The molecule has 1 rings (SSSR count). The lowest BCUT2D eigenvalue weighted by molar-refractivity contribution is 0.140. The van der Waals surface area contributed by atoms with E-state index in [1.165, 1.54) is 12.0 Å². The fourth-order valence-electron chi connectivity index (χ4n) is 1.85. The molecular weight excluding hydrogens is 300 g/mol. The molecule has 0 aromatic heterocycles. The molecule has 0 aliphatic carbocycles. The fraction of sp³-hybridized carbons (Fsp3) is 0.571. The molecule has 0 saturated heterocycles. The van der Waals surface area contributed by atoms with Gasteiger partial charge in [0, 0.05) is 23.6 Å². The summed E-state index contributed by atoms with van der Waals surface area (Å²) >= 11 is 9.57. The Morgan fingerprint density at radius 1 is 1.41 bits per heavy atom. The highest BCUT2D eigenvalue weighted by Gasteiger charge is 2.08. The molecule has 0 heterocycles. The molecule has 0 spiro atoms. The van der Waals surface area contributed by atoms with Crippen molar-refractivity contribution in [3.63, 3.8) is 0 Å². The average molecular weight is 320 g/mol. The molecule has 0 fully saturated rings. The van der Waals surface area contributed by atoms with Gasteiger partial charge in [0.15, 0.2) is 0 Å². The van der Waals surface area contributed by atoms with Gasteiger partial charge in [-0.15, -0.1) is 0 Å². The second-order valence-corrected chi connectivity index (χ2v) is 5.28. The summed E-state index contributed by atoms with van der Waals surface area (Å²) in [5.41, 5.74) is 1.32. The molecule has 17 heavy (non-hydrogen) atoms. The highest BCUT2D eigenvalue weighted by molar-refractivity contribution is 9.09. The second-order valence-electron chi connectivity index (χ2n) is 4.19. The van der Waals surface area contributed by atoms with Gasteiger partial charge in [-0.25, -0.2) is 0 Å². The first-order valence-corrected chi connectivity index (χ1v) is 7.64. The van der Waals surface area contributed by atoms with Crippen molar-refractivity contribution in [2.45, 2.75) is 26.2 Å². The monoisotopic (exact) mass is 318 g/mol. The van der Waals surface area contributed by atoms with Crippen LogP contribution in [0.15, 0.2) is 24.3 Å². The molecule has 96 valence electrons. The third kappa shape index (κ3) is 6.44. The Morgan fingerprint density at radius 2 is 2.24 bits per heavy atom. The predicted molar refractivity (Wildman–Crippen MR) is 78.2 cm³/mol. The van der Waals surface area contributed by atoms with Gasteiger partial charge in [-0.3, -0.25) is 0 Å². The maximum Gasteiger partial charge on any atom is 0.0466 e. The number of hydrogen-bond donors (Lipinski definition) is 0. The van der Waals surface area contributed by atoms with Crippen LogP contribution in [0.3, 0.4) is 0 Å². The van der Waals surface area contributed by atoms with Crippen molar-refractivity contribution in [1.82, 2.24) is 0 Å². The lowest BCUT2D eigenvalue weighted by Crippen LogP contribution is -2.08. The number of ether oxygens (including phenoxy) is 1. The van der Waals surface area contributed by atoms with Gasteiger partial charge in [0.1, 0.15) is 0 Å². The lowest BCUT2D eigenvalue weighted by atomic mass is 9.97. The minimum Gasteiger partial charge on any atom is -0.382 e. The van der Waals surface area contributed by atoms with Gasteiger partial charge < -0.3 is 4.74 Å². The summed E-state index contributed by atoms with van der Waals surface area (Å²) in [6, 6.07) is 8.14. The Hall–Kier alpha value is -0.0500. The molecular formula is C14H20BrClO. The third-order valence-electron chi connectivity index (χ3n) is 2.74. The molecule has 0 bridgehead atoms. The molecule has 0 saturated carbocycles. The van der Waals surface area contributed by atoms with E-state index in [4.69, 9.17) is 16.3 Å². The van der Waals surface area contributed by atoms with Gasteiger partial charge in [0.25, 0.3) is 0 Å². The smallest absolute Gasteiger partial charge is 0.0466 e. The van der Waals surface area contributed by atoms with E-state index in [1.807, 2.05) is 19.1 Å². The third-order valence-corrected chi connectivity index (χ3v) is 3.89. The molecule has 1 unspecified atom stereocenters. The minimum absolute atomic E-state index is 0.661. The first kappa shape index (κ1) is 15.0. The fourth-order valence-corrected chi connectivity index (χ4v) is 2.61. The van der Waals surface area contributed by atoms with Crippen LogP contribution in [0.5, 0.6) is 0 Å². The van der Waals surface area contributed by atoms with Crippen LogP contribution < -0.4 is 0 Å². The number of hydrogen-bond acceptors (Lipinski definition) is 1. The molecule has 0 aliphatic rings. The highest BCUT2D eigenvalue weighted by atomic mass is 79.9. The van der Waals surface area contributed by atoms with Crippen molar-refractivity contribution in [3.05, 3.63) is 34.9 Å². The normalized spacial score (nSPS) is 12.6. The summed E-state index contributed by atoms with van der Waals surface area (Å²) in [6.45, 7) is 3.72. The molecule has 1 aromatic carbocycles. The highest BCUT2D eigenvalue weighted by Crippen LogP contribution is 2.19. The van der Waals surface area contributed by atoms with Gasteiger partial charge in [-0.05, 0) is 49.8 Å². The predicted octanol–water partition coefficient (Wildman–Crippen LogP) is 4.71. The molecule has 3 heteroatoms. The lowest BCUT2D eigenvalue weighted by Gasteiger charge is -2.14. The number of halogens is 2. The zero-order chi connectivity index (χ0) is 12.5. The van der Waals surface area contributed by atoms with Crippen LogP contribution in [0, 0.1) is 5.92 Å². The average Bonchev–Trinajstić information content (AvgIpc) is 2.33. The standard InChI is InChI=1S/C14H20BrClO/c1-2-17-8-4-6-13(11-15)9-12-5-3-7-14(16)10-12/h3,5,7,10,13H,2,4,6,8-9,11H2,1H3. The number of benzene rings is 1. The zero-order valence-electron chi connectivity index (χ0n) is 10.3. The van der Waals surface area contributed by atoms with Crippen molar-refractivity contribution in [2.24, 2.45) is 5.92 Å². The van der Waals surface area contributed by atoms with E-state index in [0.717, 1.165) is 36.4 Å². The molecule has 1 aromatic rings. The van der Waals surface area contributed by atoms with Gasteiger partial charge in [-0.1, -0.05) is 39.7 Å². The summed E-state index contributed by atoms with van der Waals surface area (Å²) in [7, 11) is 0. The number of alkyl halides is 1. The van der Waals surface area contributed by atoms with Crippen LogP contribution in [0.25, 0.3) is 0 Å². The summed E-state index contributed by atoms with van der Waals surface area (Å²) < 4.78 is 5.36.